The van der Waals surface area contributed by atoms with Crippen LogP contribution in [-0.2, 0) is 0 Å². The van der Waals surface area contributed by atoms with Crippen LogP contribution < -0.4 is 10.6 Å². The van der Waals surface area contributed by atoms with Crippen molar-refractivity contribution in [1.29, 1.82) is 0 Å². The molecular formula is C11H22N2. The SMILES string of the molecule is C1CCC(NC[C@H]2CCCN2)CC1. The first-order valence-electron chi connectivity index (χ1n) is 5.92. The molecule has 0 aromatic heterocycles. The molecule has 76 valence electrons. The van der Waals surface area contributed by atoms with Crippen molar-refractivity contribution in [3.63, 3.8) is 0 Å². The largest absolute Gasteiger partial charge is 0.313 e. The Morgan fingerprint density at radius 3 is 2.54 bits per heavy atom. The number of hydrogen-bond acceptors (Lipinski definition) is 2. The summed E-state index contributed by atoms with van der Waals surface area (Å²) in [6.07, 6.45) is 9.90. The van der Waals surface area contributed by atoms with Gasteiger partial charge in [0, 0.05) is 18.6 Å². The van der Waals surface area contributed by atoms with Crippen molar-refractivity contribution < 1.29 is 0 Å². The van der Waals surface area contributed by atoms with Gasteiger partial charge in [0.2, 0.25) is 0 Å². The van der Waals surface area contributed by atoms with Crippen molar-refractivity contribution in [1.82, 2.24) is 10.6 Å². The fourth-order valence-corrected chi connectivity index (χ4v) is 2.55. The molecule has 1 saturated heterocycles. The molecule has 2 heteroatoms. The van der Waals surface area contributed by atoms with E-state index in [9.17, 15) is 0 Å². The van der Waals surface area contributed by atoms with Crippen LogP contribution >= 0.6 is 0 Å². The second-order valence-electron chi connectivity index (χ2n) is 4.54. The highest BCUT2D eigenvalue weighted by atomic mass is 15.0. The monoisotopic (exact) mass is 182 g/mol. The van der Waals surface area contributed by atoms with Crippen LogP contribution in [0.1, 0.15) is 44.9 Å². The van der Waals surface area contributed by atoms with Crippen LogP contribution in [-0.4, -0.2) is 25.2 Å². The van der Waals surface area contributed by atoms with E-state index in [-0.39, 0.29) is 0 Å². The van der Waals surface area contributed by atoms with Gasteiger partial charge in [-0.25, -0.2) is 0 Å². The van der Waals surface area contributed by atoms with Crippen LogP contribution in [0.25, 0.3) is 0 Å². The fourth-order valence-electron chi connectivity index (χ4n) is 2.55. The highest BCUT2D eigenvalue weighted by molar-refractivity contribution is 4.79. The van der Waals surface area contributed by atoms with E-state index in [0.717, 1.165) is 12.1 Å². The topological polar surface area (TPSA) is 24.1 Å². The lowest BCUT2D eigenvalue weighted by Gasteiger charge is -2.24. The lowest BCUT2D eigenvalue weighted by Crippen LogP contribution is -2.40. The molecule has 2 fully saturated rings. The smallest absolute Gasteiger partial charge is 0.0193 e. The van der Waals surface area contributed by atoms with E-state index in [4.69, 9.17) is 0 Å². The lowest BCUT2D eigenvalue weighted by atomic mass is 9.95. The van der Waals surface area contributed by atoms with Crippen LogP contribution in [0.15, 0.2) is 0 Å². The molecule has 0 radical (unpaired) electrons. The van der Waals surface area contributed by atoms with Crippen molar-refractivity contribution in [2.24, 2.45) is 0 Å². The second kappa shape index (κ2) is 4.97. The molecule has 0 aromatic carbocycles. The van der Waals surface area contributed by atoms with Crippen LogP contribution in [0.4, 0.5) is 0 Å². The molecule has 0 spiro atoms. The zero-order chi connectivity index (χ0) is 8.93. The van der Waals surface area contributed by atoms with Crippen molar-refractivity contribution in [2.75, 3.05) is 13.1 Å². The molecule has 1 saturated carbocycles. The Morgan fingerprint density at radius 2 is 1.85 bits per heavy atom. The van der Waals surface area contributed by atoms with E-state index in [1.807, 2.05) is 0 Å². The summed E-state index contributed by atoms with van der Waals surface area (Å²) in [5.74, 6) is 0. The van der Waals surface area contributed by atoms with E-state index in [2.05, 4.69) is 10.6 Å². The number of hydrogen-bond donors (Lipinski definition) is 2. The van der Waals surface area contributed by atoms with Crippen molar-refractivity contribution >= 4 is 0 Å². The third-order valence-corrected chi connectivity index (χ3v) is 3.42. The molecule has 1 aliphatic heterocycles. The van der Waals surface area contributed by atoms with Crippen LogP contribution in [0.5, 0.6) is 0 Å². The maximum absolute atomic E-state index is 3.70. The van der Waals surface area contributed by atoms with Crippen LogP contribution in [0.2, 0.25) is 0 Å². The van der Waals surface area contributed by atoms with Crippen molar-refractivity contribution in [3.05, 3.63) is 0 Å². The molecule has 2 N–H and O–H groups in total. The molecule has 0 unspecified atom stereocenters. The summed E-state index contributed by atoms with van der Waals surface area (Å²) in [6.45, 7) is 2.43. The van der Waals surface area contributed by atoms with E-state index < -0.39 is 0 Å². The summed E-state index contributed by atoms with van der Waals surface area (Å²) >= 11 is 0. The number of nitrogens with one attached hydrogen (secondary N) is 2. The first-order chi connectivity index (χ1) is 6.45. The van der Waals surface area contributed by atoms with E-state index in [0.29, 0.717) is 0 Å². The Bertz CT molecular complexity index is 135. The number of rotatable bonds is 3. The Morgan fingerprint density at radius 1 is 1.00 bits per heavy atom. The maximum atomic E-state index is 3.70. The van der Waals surface area contributed by atoms with Gasteiger partial charge in [-0.3, -0.25) is 0 Å². The lowest BCUT2D eigenvalue weighted by molar-refractivity contribution is 0.359. The first kappa shape index (κ1) is 9.47. The molecule has 0 amide bonds. The summed E-state index contributed by atoms with van der Waals surface area (Å²) in [5, 5.41) is 7.23. The quantitative estimate of drug-likeness (QED) is 0.693. The third kappa shape index (κ3) is 2.96. The molecule has 2 rings (SSSR count). The molecule has 0 bridgehead atoms. The van der Waals surface area contributed by atoms with Gasteiger partial charge < -0.3 is 10.6 Å². The zero-order valence-electron chi connectivity index (χ0n) is 8.52. The van der Waals surface area contributed by atoms with Gasteiger partial charge in [-0.15, -0.1) is 0 Å². The molecule has 0 aromatic rings. The highest BCUT2D eigenvalue weighted by Gasteiger charge is 2.17. The summed E-state index contributed by atoms with van der Waals surface area (Å²) in [6, 6.07) is 1.60. The summed E-state index contributed by atoms with van der Waals surface area (Å²) < 4.78 is 0. The minimum atomic E-state index is 0.766. The average molecular weight is 182 g/mol. The molecule has 1 atom stereocenters. The van der Waals surface area contributed by atoms with Gasteiger partial charge in [-0.1, -0.05) is 19.3 Å². The maximum Gasteiger partial charge on any atom is 0.0193 e. The zero-order valence-corrected chi connectivity index (χ0v) is 8.52. The van der Waals surface area contributed by atoms with Gasteiger partial charge >= 0.3 is 0 Å². The minimum Gasteiger partial charge on any atom is -0.313 e. The Labute approximate surface area is 81.5 Å². The normalized spacial score (nSPS) is 30.9. The van der Waals surface area contributed by atoms with E-state index >= 15 is 0 Å². The Balaban J connectivity index is 1.60. The van der Waals surface area contributed by atoms with Crippen molar-refractivity contribution in [2.45, 2.75) is 57.0 Å². The highest BCUT2D eigenvalue weighted by Crippen LogP contribution is 2.17. The molecular weight excluding hydrogens is 160 g/mol. The van der Waals surface area contributed by atoms with Crippen LogP contribution in [0, 0.1) is 0 Å². The Hall–Kier alpha value is -0.0800. The van der Waals surface area contributed by atoms with Gasteiger partial charge in [0.1, 0.15) is 0 Å². The predicted octanol–water partition coefficient (Wildman–Crippen LogP) is 1.66. The van der Waals surface area contributed by atoms with Gasteiger partial charge in [-0.05, 0) is 32.2 Å². The first-order valence-corrected chi connectivity index (χ1v) is 5.92. The molecule has 2 aliphatic rings. The van der Waals surface area contributed by atoms with Crippen molar-refractivity contribution in [3.8, 4) is 0 Å². The Kier molecular flexibility index (Phi) is 3.62. The van der Waals surface area contributed by atoms with Gasteiger partial charge in [-0.2, -0.15) is 0 Å². The summed E-state index contributed by atoms with van der Waals surface area (Å²) in [4.78, 5) is 0. The summed E-state index contributed by atoms with van der Waals surface area (Å²) in [7, 11) is 0. The van der Waals surface area contributed by atoms with E-state index in [1.54, 1.807) is 0 Å². The molecule has 2 nitrogen and oxygen atoms in total. The molecule has 1 aliphatic carbocycles. The van der Waals surface area contributed by atoms with Gasteiger partial charge in [0.25, 0.3) is 0 Å². The van der Waals surface area contributed by atoms with Gasteiger partial charge in [0.15, 0.2) is 0 Å². The minimum absolute atomic E-state index is 0.766. The summed E-state index contributed by atoms with van der Waals surface area (Å²) in [5.41, 5.74) is 0. The molecule has 1 heterocycles. The molecule has 13 heavy (non-hydrogen) atoms. The predicted molar refractivity (Wildman–Crippen MR) is 55.9 cm³/mol. The third-order valence-electron chi connectivity index (χ3n) is 3.42. The second-order valence-corrected chi connectivity index (χ2v) is 4.54. The van der Waals surface area contributed by atoms with E-state index in [1.165, 1.54) is 58.0 Å². The van der Waals surface area contributed by atoms with Gasteiger partial charge in [0.05, 0.1) is 0 Å². The van der Waals surface area contributed by atoms with Crippen LogP contribution in [0.3, 0.4) is 0 Å². The fraction of sp³-hybridized carbons (Fsp3) is 1.00. The standard InChI is InChI=1S/C11H22N2/c1-2-5-10(6-3-1)13-9-11-7-4-8-12-11/h10-13H,1-9H2/t11-/m1/s1. The average Bonchev–Trinajstić information content (AvgIpc) is 2.69.